The van der Waals surface area contributed by atoms with Crippen molar-refractivity contribution in [3.05, 3.63) is 42.0 Å². The summed E-state index contributed by atoms with van der Waals surface area (Å²) in [6.45, 7) is 2.56. The Labute approximate surface area is 129 Å². The van der Waals surface area contributed by atoms with Gasteiger partial charge in [0.15, 0.2) is 0 Å². The highest BCUT2D eigenvalue weighted by Crippen LogP contribution is 2.37. The van der Waals surface area contributed by atoms with E-state index in [1.807, 2.05) is 13.0 Å². The topological polar surface area (TPSA) is 66.8 Å². The Morgan fingerprint density at radius 3 is 2.64 bits per heavy atom. The average molecular weight is 301 g/mol. The van der Waals surface area contributed by atoms with E-state index in [0.29, 0.717) is 24.3 Å². The number of ether oxygens (including phenoxy) is 1. The SMILES string of the molecule is C[C@H]1C=C(C(=O)O)C2CCC1CN2C(=O)Oc1ccccc1. The van der Waals surface area contributed by atoms with Crippen LogP contribution in [0.2, 0.25) is 0 Å². The number of allylic oxidation sites excluding steroid dienone is 1. The first kappa shape index (κ1) is 14.6. The zero-order valence-corrected chi connectivity index (χ0v) is 12.4. The Bertz CT molecular complexity index is 610. The van der Waals surface area contributed by atoms with Gasteiger partial charge in [0.2, 0.25) is 0 Å². The molecule has 1 amide bonds. The van der Waals surface area contributed by atoms with Crippen LogP contribution in [-0.4, -0.2) is 34.7 Å². The molecule has 1 saturated heterocycles. The van der Waals surface area contributed by atoms with Crippen molar-refractivity contribution in [2.24, 2.45) is 11.8 Å². The van der Waals surface area contributed by atoms with Crippen LogP contribution in [0, 0.1) is 11.8 Å². The lowest BCUT2D eigenvalue weighted by Crippen LogP contribution is -2.49. The summed E-state index contributed by atoms with van der Waals surface area (Å²) < 4.78 is 5.39. The largest absolute Gasteiger partial charge is 0.478 e. The molecular formula is C17H19NO4. The fraction of sp³-hybridized carbons (Fsp3) is 0.412. The fourth-order valence-electron chi connectivity index (χ4n) is 3.35. The molecule has 1 aliphatic carbocycles. The fourth-order valence-corrected chi connectivity index (χ4v) is 3.35. The number of carboxylic acid groups (broad SMARTS) is 1. The predicted octanol–water partition coefficient (Wildman–Crippen LogP) is 2.93. The molecule has 0 radical (unpaired) electrons. The number of amides is 1. The Kier molecular flexibility index (Phi) is 3.88. The molecule has 3 atom stereocenters. The van der Waals surface area contributed by atoms with Crippen LogP contribution in [0.1, 0.15) is 19.8 Å². The van der Waals surface area contributed by atoms with Gasteiger partial charge in [0.25, 0.3) is 0 Å². The number of carbonyl (C=O) groups is 2. The van der Waals surface area contributed by atoms with Crippen LogP contribution in [0.3, 0.4) is 0 Å². The summed E-state index contributed by atoms with van der Waals surface area (Å²) >= 11 is 0. The standard InChI is InChI=1S/C17H19NO4/c1-11-9-14(16(19)20)15-8-7-12(11)10-18(15)17(21)22-13-5-3-2-4-6-13/h2-6,9,11-12,15H,7-8,10H2,1H3,(H,19,20)/t11-,12?,15?/m0/s1. The zero-order valence-electron chi connectivity index (χ0n) is 12.4. The molecule has 2 aliphatic heterocycles. The summed E-state index contributed by atoms with van der Waals surface area (Å²) in [5.41, 5.74) is 0.317. The van der Waals surface area contributed by atoms with Gasteiger partial charge in [-0.2, -0.15) is 0 Å². The Balaban J connectivity index is 1.83. The second-order valence-electron chi connectivity index (χ2n) is 5.97. The van der Waals surface area contributed by atoms with Gasteiger partial charge in [0, 0.05) is 6.54 Å². The highest BCUT2D eigenvalue weighted by Gasteiger charge is 2.41. The normalized spacial score (nSPS) is 27.0. The molecule has 1 aromatic rings. The van der Waals surface area contributed by atoms with Crippen molar-refractivity contribution in [1.82, 2.24) is 4.90 Å². The minimum Gasteiger partial charge on any atom is -0.478 e. The number of fused-ring (bicyclic) bond motifs is 3. The van der Waals surface area contributed by atoms with Crippen molar-refractivity contribution in [3.8, 4) is 5.75 Å². The molecule has 0 spiro atoms. The molecule has 4 rings (SSSR count). The summed E-state index contributed by atoms with van der Waals surface area (Å²) in [6, 6.07) is 8.46. The number of carbonyl (C=O) groups excluding carboxylic acids is 1. The summed E-state index contributed by atoms with van der Waals surface area (Å²) in [6.07, 6.45) is 2.95. The van der Waals surface area contributed by atoms with E-state index >= 15 is 0 Å². The number of piperidine rings is 1. The molecule has 116 valence electrons. The molecule has 2 unspecified atom stereocenters. The van der Waals surface area contributed by atoms with Crippen LogP contribution < -0.4 is 4.74 Å². The van der Waals surface area contributed by atoms with Gasteiger partial charge in [-0.05, 0) is 36.8 Å². The van der Waals surface area contributed by atoms with Gasteiger partial charge < -0.3 is 14.7 Å². The van der Waals surface area contributed by atoms with Crippen LogP contribution in [0.4, 0.5) is 4.79 Å². The number of para-hydroxylation sites is 1. The zero-order chi connectivity index (χ0) is 15.7. The molecule has 1 aromatic carbocycles. The maximum atomic E-state index is 12.5. The quantitative estimate of drug-likeness (QED) is 0.912. The third-order valence-corrected chi connectivity index (χ3v) is 4.59. The van der Waals surface area contributed by atoms with Crippen molar-refractivity contribution in [2.45, 2.75) is 25.8 Å². The van der Waals surface area contributed by atoms with Crippen molar-refractivity contribution in [3.63, 3.8) is 0 Å². The third-order valence-electron chi connectivity index (χ3n) is 4.59. The van der Waals surface area contributed by atoms with E-state index < -0.39 is 18.1 Å². The minimum atomic E-state index is -0.947. The number of rotatable bonds is 2. The van der Waals surface area contributed by atoms with Crippen LogP contribution in [-0.2, 0) is 4.79 Å². The van der Waals surface area contributed by atoms with E-state index in [-0.39, 0.29) is 11.8 Å². The van der Waals surface area contributed by atoms with E-state index in [9.17, 15) is 14.7 Å². The first-order valence-electron chi connectivity index (χ1n) is 7.54. The van der Waals surface area contributed by atoms with E-state index in [4.69, 9.17) is 4.74 Å². The summed E-state index contributed by atoms with van der Waals surface area (Å²) in [5.74, 6) is -0.0273. The van der Waals surface area contributed by atoms with Gasteiger partial charge in [0.05, 0.1) is 11.6 Å². The van der Waals surface area contributed by atoms with E-state index in [0.717, 1.165) is 6.42 Å². The van der Waals surface area contributed by atoms with E-state index in [1.165, 1.54) is 0 Å². The van der Waals surface area contributed by atoms with Crippen LogP contribution in [0.15, 0.2) is 42.0 Å². The molecule has 22 heavy (non-hydrogen) atoms. The number of aliphatic carboxylic acids is 1. The summed E-state index contributed by atoms with van der Waals surface area (Å²) in [5, 5.41) is 9.44. The highest BCUT2D eigenvalue weighted by atomic mass is 16.6. The molecule has 1 N–H and O–H groups in total. The predicted molar refractivity (Wildman–Crippen MR) is 80.6 cm³/mol. The molecule has 0 aromatic heterocycles. The number of carboxylic acids is 1. The highest BCUT2D eigenvalue weighted by molar-refractivity contribution is 5.89. The van der Waals surface area contributed by atoms with Crippen molar-refractivity contribution in [1.29, 1.82) is 0 Å². The Morgan fingerprint density at radius 1 is 1.23 bits per heavy atom. The lowest BCUT2D eigenvalue weighted by atomic mass is 9.88. The number of hydrogen-bond donors (Lipinski definition) is 1. The van der Waals surface area contributed by atoms with Gasteiger partial charge in [-0.3, -0.25) is 0 Å². The molecule has 2 heterocycles. The van der Waals surface area contributed by atoms with Gasteiger partial charge >= 0.3 is 12.1 Å². The lowest BCUT2D eigenvalue weighted by molar-refractivity contribution is -0.133. The minimum absolute atomic E-state index is 0.158. The molecule has 3 aliphatic rings. The summed E-state index contributed by atoms with van der Waals surface area (Å²) in [7, 11) is 0. The molecule has 5 nitrogen and oxygen atoms in total. The van der Waals surface area contributed by atoms with E-state index in [1.54, 1.807) is 35.2 Å². The lowest BCUT2D eigenvalue weighted by Gasteiger charge is -2.37. The smallest absolute Gasteiger partial charge is 0.415 e. The van der Waals surface area contributed by atoms with Crippen LogP contribution in [0.25, 0.3) is 0 Å². The first-order chi connectivity index (χ1) is 10.6. The second kappa shape index (κ2) is 5.83. The third kappa shape index (κ3) is 2.71. The van der Waals surface area contributed by atoms with Crippen LogP contribution >= 0.6 is 0 Å². The second-order valence-corrected chi connectivity index (χ2v) is 5.97. The van der Waals surface area contributed by atoms with Crippen molar-refractivity contribution >= 4 is 12.1 Å². The maximum absolute atomic E-state index is 12.5. The Hall–Kier alpha value is -2.30. The molecule has 0 saturated carbocycles. The molecule has 1 fully saturated rings. The van der Waals surface area contributed by atoms with Crippen molar-refractivity contribution < 1.29 is 19.4 Å². The van der Waals surface area contributed by atoms with Gasteiger partial charge in [0.1, 0.15) is 5.75 Å². The monoisotopic (exact) mass is 301 g/mol. The van der Waals surface area contributed by atoms with Gasteiger partial charge in [-0.1, -0.05) is 31.2 Å². The number of benzene rings is 1. The molecule has 2 bridgehead atoms. The summed E-state index contributed by atoms with van der Waals surface area (Å²) in [4.78, 5) is 25.6. The average Bonchev–Trinajstić information content (AvgIpc) is 2.76. The molecule has 5 heteroatoms. The number of nitrogens with zero attached hydrogens (tertiary/aromatic N) is 1. The van der Waals surface area contributed by atoms with Gasteiger partial charge in [-0.25, -0.2) is 9.59 Å². The molecular weight excluding hydrogens is 282 g/mol. The number of hydrogen-bond acceptors (Lipinski definition) is 3. The first-order valence-corrected chi connectivity index (χ1v) is 7.54. The van der Waals surface area contributed by atoms with Gasteiger partial charge in [-0.15, -0.1) is 0 Å². The van der Waals surface area contributed by atoms with Crippen molar-refractivity contribution in [2.75, 3.05) is 6.54 Å². The maximum Gasteiger partial charge on any atom is 0.415 e. The van der Waals surface area contributed by atoms with Crippen LogP contribution in [0.5, 0.6) is 5.75 Å². The van der Waals surface area contributed by atoms with E-state index in [2.05, 4.69) is 0 Å². The Morgan fingerprint density at radius 2 is 1.95 bits per heavy atom.